The van der Waals surface area contributed by atoms with Crippen LogP contribution >= 0.6 is 0 Å². The lowest BCUT2D eigenvalue weighted by Crippen LogP contribution is -2.35. The summed E-state index contributed by atoms with van der Waals surface area (Å²) in [7, 11) is 22.2. The van der Waals surface area contributed by atoms with Crippen LogP contribution in [0.3, 0.4) is 0 Å². The Morgan fingerprint density at radius 3 is 1.40 bits per heavy atom. The molecular formula is C60H37B3N2. The summed E-state index contributed by atoms with van der Waals surface area (Å²) in [4.78, 5) is 0. The van der Waals surface area contributed by atoms with Crippen molar-refractivity contribution in [2.24, 2.45) is 0 Å². The van der Waals surface area contributed by atoms with Gasteiger partial charge in [-0.25, -0.2) is 0 Å². The molecule has 12 aromatic rings. The number of benzene rings is 10. The number of hydrogen-bond donors (Lipinski definition) is 0. The van der Waals surface area contributed by atoms with Crippen molar-refractivity contribution in [1.82, 2.24) is 9.13 Å². The van der Waals surface area contributed by atoms with Crippen LogP contribution in [-0.2, 0) is 0 Å². The van der Waals surface area contributed by atoms with Crippen LogP contribution in [0.4, 0.5) is 0 Å². The molecule has 0 saturated heterocycles. The van der Waals surface area contributed by atoms with Crippen molar-refractivity contribution in [3.8, 4) is 67.0 Å². The van der Waals surface area contributed by atoms with E-state index in [2.05, 4.69) is 215 Å². The van der Waals surface area contributed by atoms with Gasteiger partial charge >= 0.3 is 0 Å². The molecule has 0 unspecified atom stereocenters. The Balaban J connectivity index is 1.07. The Morgan fingerprint density at radius 1 is 0.277 bits per heavy atom. The number of fused-ring (bicyclic) bond motifs is 6. The minimum Gasteiger partial charge on any atom is -0.309 e. The largest absolute Gasteiger partial charge is 0.309 e. The number of nitrogens with zero attached hydrogens (tertiary/aromatic N) is 2. The average Bonchev–Trinajstić information content (AvgIpc) is 3.90. The molecule has 296 valence electrons. The van der Waals surface area contributed by atoms with Crippen molar-refractivity contribution in [3.63, 3.8) is 0 Å². The van der Waals surface area contributed by atoms with E-state index in [1.165, 1.54) is 11.1 Å². The maximum Gasteiger partial charge on any atom is 0.115 e. The molecule has 6 radical (unpaired) electrons. The summed E-state index contributed by atoms with van der Waals surface area (Å²) >= 11 is 0. The molecule has 12 rings (SSSR count). The van der Waals surface area contributed by atoms with Gasteiger partial charge in [-0.15, -0.1) is 0 Å². The van der Waals surface area contributed by atoms with E-state index in [1.54, 1.807) is 0 Å². The molecule has 10 aromatic carbocycles. The van der Waals surface area contributed by atoms with Gasteiger partial charge in [0.2, 0.25) is 0 Å². The van der Waals surface area contributed by atoms with Crippen molar-refractivity contribution >= 4 is 83.5 Å². The molecule has 0 N–H and O–H groups in total. The van der Waals surface area contributed by atoms with E-state index in [0.29, 0.717) is 16.4 Å². The molecule has 0 amide bonds. The maximum atomic E-state index is 7.53. The van der Waals surface area contributed by atoms with Gasteiger partial charge in [0.25, 0.3) is 0 Å². The van der Waals surface area contributed by atoms with E-state index in [0.717, 1.165) is 99.5 Å². The zero-order valence-electron chi connectivity index (χ0n) is 35.5. The minimum absolute atomic E-state index is 0.451. The van der Waals surface area contributed by atoms with Gasteiger partial charge in [0.15, 0.2) is 0 Å². The first kappa shape index (κ1) is 38.7. The summed E-state index contributed by atoms with van der Waals surface area (Å²) in [5.41, 5.74) is 18.3. The molecule has 2 nitrogen and oxygen atoms in total. The fraction of sp³-hybridized carbons (Fsp3) is 0. The van der Waals surface area contributed by atoms with Gasteiger partial charge in [-0.2, -0.15) is 0 Å². The smallest absolute Gasteiger partial charge is 0.115 e. The summed E-state index contributed by atoms with van der Waals surface area (Å²) in [5.74, 6) is 0. The summed E-state index contributed by atoms with van der Waals surface area (Å²) in [6, 6.07) is 79.2. The molecule has 2 heterocycles. The fourth-order valence-electron chi connectivity index (χ4n) is 9.97. The first-order valence-electron chi connectivity index (χ1n) is 22.0. The summed E-state index contributed by atoms with van der Waals surface area (Å²) in [5, 5.41) is 4.11. The van der Waals surface area contributed by atoms with Crippen molar-refractivity contribution in [2.45, 2.75) is 0 Å². The molecule has 0 saturated carbocycles. The highest BCUT2D eigenvalue weighted by atomic mass is 15.0. The van der Waals surface area contributed by atoms with E-state index in [-0.39, 0.29) is 0 Å². The number of aromatic nitrogens is 2. The average molecular weight is 818 g/mol. The molecule has 0 spiro atoms. The Kier molecular flexibility index (Phi) is 9.31. The quantitative estimate of drug-likeness (QED) is 0.142. The molecule has 5 heteroatoms. The molecule has 65 heavy (non-hydrogen) atoms. The number of hydrogen-bond acceptors (Lipinski definition) is 0. The molecular weight excluding hydrogens is 781 g/mol. The van der Waals surface area contributed by atoms with Gasteiger partial charge in [0.1, 0.15) is 23.5 Å². The second-order valence-electron chi connectivity index (χ2n) is 16.7. The van der Waals surface area contributed by atoms with Crippen LogP contribution in [0.25, 0.3) is 111 Å². The third kappa shape index (κ3) is 6.38. The van der Waals surface area contributed by atoms with Gasteiger partial charge in [-0.05, 0) is 98.6 Å². The van der Waals surface area contributed by atoms with Crippen molar-refractivity contribution < 1.29 is 0 Å². The zero-order valence-corrected chi connectivity index (χ0v) is 35.5. The molecule has 0 aliphatic rings. The lowest BCUT2D eigenvalue weighted by Gasteiger charge is -2.19. The maximum absolute atomic E-state index is 7.53. The summed E-state index contributed by atoms with van der Waals surface area (Å²) in [6.45, 7) is 0. The third-order valence-electron chi connectivity index (χ3n) is 13.0. The minimum atomic E-state index is 0.451. The molecule has 0 aliphatic carbocycles. The van der Waals surface area contributed by atoms with Crippen molar-refractivity contribution in [2.75, 3.05) is 0 Å². The first-order chi connectivity index (χ1) is 32.0. The second-order valence-corrected chi connectivity index (χ2v) is 16.7. The molecule has 0 aliphatic heterocycles. The van der Waals surface area contributed by atoms with Gasteiger partial charge < -0.3 is 9.13 Å². The Morgan fingerprint density at radius 2 is 0.754 bits per heavy atom. The van der Waals surface area contributed by atoms with Crippen LogP contribution < -0.4 is 16.4 Å². The van der Waals surface area contributed by atoms with E-state index in [1.807, 2.05) is 18.2 Å². The van der Waals surface area contributed by atoms with E-state index >= 15 is 0 Å². The molecule has 0 atom stereocenters. The fourth-order valence-corrected chi connectivity index (χ4v) is 9.97. The number of para-hydroxylation sites is 2. The van der Waals surface area contributed by atoms with Crippen LogP contribution in [0.1, 0.15) is 0 Å². The SMILES string of the molecule is [B]c1c(-c2ccc3c(c2)c2ccccc2n3-c2ccc(-c3ccccc3)cc2)c([B])c2c3cccc(-c4cccc(-c5ccccc5)c4)c3n(-c3ccc(-c4ccccc4)cc3)c2c1[B]. The lowest BCUT2D eigenvalue weighted by molar-refractivity contribution is 1.18. The van der Waals surface area contributed by atoms with E-state index in [4.69, 9.17) is 23.5 Å². The van der Waals surface area contributed by atoms with Crippen LogP contribution in [0.5, 0.6) is 0 Å². The second kappa shape index (κ2) is 15.7. The monoisotopic (exact) mass is 818 g/mol. The van der Waals surface area contributed by atoms with Crippen molar-refractivity contribution in [1.29, 1.82) is 0 Å². The Labute approximate surface area is 382 Å². The van der Waals surface area contributed by atoms with Gasteiger partial charge in [-0.1, -0.05) is 192 Å². The summed E-state index contributed by atoms with van der Waals surface area (Å²) in [6.07, 6.45) is 0. The van der Waals surface area contributed by atoms with E-state index in [9.17, 15) is 0 Å². The third-order valence-corrected chi connectivity index (χ3v) is 13.0. The van der Waals surface area contributed by atoms with Crippen LogP contribution in [-0.4, -0.2) is 32.7 Å². The van der Waals surface area contributed by atoms with Gasteiger partial charge in [-0.3, -0.25) is 0 Å². The predicted octanol–water partition coefficient (Wildman–Crippen LogP) is 12.6. The molecule has 2 aromatic heterocycles. The Bertz CT molecular complexity index is 3760. The molecule has 0 bridgehead atoms. The van der Waals surface area contributed by atoms with Gasteiger partial charge in [0.05, 0.1) is 16.6 Å². The number of rotatable bonds is 7. The first-order valence-corrected chi connectivity index (χ1v) is 22.0. The normalized spacial score (nSPS) is 11.6. The highest BCUT2D eigenvalue weighted by molar-refractivity contribution is 6.60. The van der Waals surface area contributed by atoms with Crippen LogP contribution in [0.2, 0.25) is 0 Å². The van der Waals surface area contributed by atoms with Crippen LogP contribution in [0, 0.1) is 0 Å². The standard InChI is InChI=1S/C60H37B3N2/c61-56-54(45-30-35-53-51(37-45)49-22-10-11-25-52(49)64(53)46-31-26-41(27-32-46)38-14-4-1-5-15-38)57(62)58(63)60-55(56)50-24-13-23-48(44-21-12-20-43(36-44)40-18-8-3-9-19-40)59(50)65(60)47-33-28-42(29-34-47)39-16-6-2-7-17-39/h1-37H. The highest BCUT2D eigenvalue weighted by Crippen LogP contribution is 2.40. The predicted molar refractivity (Wildman–Crippen MR) is 278 cm³/mol. The lowest BCUT2D eigenvalue weighted by atomic mass is 9.69. The summed E-state index contributed by atoms with van der Waals surface area (Å²) < 4.78 is 4.59. The van der Waals surface area contributed by atoms with E-state index < -0.39 is 0 Å². The van der Waals surface area contributed by atoms with Crippen molar-refractivity contribution in [3.05, 3.63) is 224 Å². The zero-order chi connectivity index (χ0) is 43.6. The topological polar surface area (TPSA) is 9.86 Å². The highest BCUT2D eigenvalue weighted by Gasteiger charge is 2.24. The van der Waals surface area contributed by atoms with Gasteiger partial charge in [0, 0.05) is 44.0 Å². The van der Waals surface area contributed by atoms with Crippen LogP contribution in [0.15, 0.2) is 224 Å². The molecule has 0 fully saturated rings. The Hall–Kier alpha value is -8.01.